The van der Waals surface area contributed by atoms with E-state index >= 15 is 0 Å². The van der Waals surface area contributed by atoms with E-state index in [9.17, 15) is 13.2 Å². The highest BCUT2D eigenvalue weighted by Gasteiger charge is 2.46. The fourth-order valence-corrected chi connectivity index (χ4v) is 3.61. The van der Waals surface area contributed by atoms with Gasteiger partial charge in [0, 0.05) is 32.4 Å². The molecule has 1 aromatic rings. The minimum absolute atomic E-state index is 0.0214. The molecule has 20 heavy (non-hydrogen) atoms. The smallest absolute Gasteiger partial charge is 0.224 e. The van der Waals surface area contributed by atoms with Gasteiger partial charge in [0.2, 0.25) is 15.9 Å². The van der Waals surface area contributed by atoms with E-state index in [1.165, 1.54) is 0 Å². The molecule has 1 aliphatic carbocycles. The summed E-state index contributed by atoms with van der Waals surface area (Å²) in [4.78, 5) is 18.2. The van der Waals surface area contributed by atoms with Gasteiger partial charge in [0.05, 0.1) is 6.04 Å². The predicted molar refractivity (Wildman–Crippen MR) is 71.9 cm³/mol. The van der Waals surface area contributed by atoms with Gasteiger partial charge in [-0.1, -0.05) is 0 Å². The van der Waals surface area contributed by atoms with Crippen LogP contribution < -0.4 is 5.14 Å². The fraction of sp³-hybridized carbons (Fsp3) is 0.667. The van der Waals surface area contributed by atoms with Gasteiger partial charge in [-0.2, -0.15) is 0 Å². The third-order valence-electron chi connectivity index (χ3n) is 4.11. The lowest BCUT2D eigenvalue weighted by Crippen LogP contribution is -2.36. The van der Waals surface area contributed by atoms with Crippen LogP contribution in [0.1, 0.15) is 31.1 Å². The van der Waals surface area contributed by atoms with E-state index in [1.54, 1.807) is 11.1 Å². The normalized spacial score (nSPS) is 25.2. The van der Waals surface area contributed by atoms with E-state index in [1.807, 2.05) is 17.8 Å². The topological polar surface area (TPSA) is 98.3 Å². The molecule has 0 bridgehead atoms. The summed E-state index contributed by atoms with van der Waals surface area (Å²) < 4.78 is 24.8. The van der Waals surface area contributed by atoms with E-state index in [2.05, 4.69) is 4.98 Å². The monoisotopic (exact) mass is 298 g/mol. The number of aromatic nitrogens is 2. The van der Waals surface area contributed by atoms with Crippen molar-refractivity contribution in [2.45, 2.75) is 30.6 Å². The second-order valence-corrected chi connectivity index (χ2v) is 7.48. The number of hydrogen-bond donors (Lipinski definition) is 1. The number of sulfonamides is 1. The molecule has 1 saturated carbocycles. The van der Waals surface area contributed by atoms with Crippen LogP contribution in [0.3, 0.4) is 0 Å². The van der Waals surface area contributed by atoms with E-state index in [0.717, 1.165) is 18.7 Å². The number of likely N-dealkylation sites (tertiary alicyclic amines) is 1. The first-order valence-electron chi connectivity index (χ1n) is 6.66. The van der Waals surface area contributed by atoms with Crippen molar-refractivity contribution < 1.29 is 13.2 Å². The Hall–Kier alpha value is -1.41. The van der Waals surface area contributed by atoms with Crippen LogP contribution in [0.2, 0.25) is 0 Å². The van der Waals surface area contributed by atoms with Gasteiger partial charge in [-0.15, -0.1) is 0 Å². The number of aryl methyl sites for hydroxylation is 1. The van der Waals surface area contributed by atoms with Crippen molar-refractivity contribution in [3.63, 3.8) is 0 Å². The first-order valence-corrected chi connectivity index (χ1v) is 8.27. The second-order valence-electron chi connectivity index (χ2n) is 5.64. The van der Waals surface area contributed by atoms with E-state index in [-0.39, 0.29) is 24.9 Å². The lowest BCUT2D eigenvalue weighted by molar-refractivity contribution is -0.130. The van der Waals surface area contributed by atoms with Crippen molar-refractivity contribution in [1.29, 1.82) is 0 Å². The molecule has 1 saturated heterocycles. The average Bonchev–Trinajstić information content (AvgIpc) is 2.98. The Labute approximate surface area is 117 Å². The Morgan fingerprint density at radius 2 is 2.15 bits per heavy atom. The van der Waals surface area contributed by atoms with Gasteiger partial charge in [-0.3, -0.25) is 4.79 Å². The molecule has 1 aliphatic heterocycles. The maximum atomic E-state index is 12.2. The largest absolute Gasteiger partial charge is 0.336 e. The minimum atomic E-state index is -3.68. The van der Waals surface area contributed by atoms with Gasteiger partial charge in [-0.25, -0.2) is 18.5 Å². The van der Waals surface area contributed by atoms with Crippen LogP contribution in [0.5, 0.6) is 0 Å². The molecule has 7 nitrogen and oxygen atoms in total. The molecular formula is C12H18N4O3S. The maximum Gasteiger partial charge on any atom is 0.224 e. The van der Waals surface area contributed by atoms with Gasteiger partial charge in [0.1, 0.15) is 11.1 Å². The van der Waals surface area contributed by atoms with Gasteiger partial charge < -0.3 is 9.47 Å². The van der Waals surface area contributed by atoms with Crippen LogP contribution in [0.25, 0.3) is 0 Å². The summed E-state index contributed by atoms with van der Waals surface area (Å²) in [6.07, 6.45) is 5.60. The van der Waals surface area contributed by atoms with E-state index in [4.69, 9.17) is 5.14 Å². The molecule has 2 heterocycles. The molecule has 2 fully saturated rings. The molecular weight excluding hydrogens is 280 g/mol. The van der Waals surface area contributed by atoms with E-state index < -0.39 is 15.3 Å². The SMILES string of the molecule is Cn1ccnc1C(C1CC1)N1CC(S(N)(=O)=O)CC1=O. The maximum absolute atomic E-state index is 12.2. The van der Waals surface area contributed by atoms with Crippen LogP contribution in [0.15, 0.2) is 12.4 Å². The number of nitrogens with two attached hydrogens (primary N) is 1. The van der Waals surface area contributed by atoms with Crippen LogP contribution >= 0.6 is 0 Å². The summed E-state index contributed by atoms with van der Waals surface area (Å²) in [6.45, 7) is 0.172. The summed E-state index contributed by atoms with van der Waals surface area (Å²) in [5.74, 6) is 1.04. The van der Waals surface area contributed by atoms with Crippen molar-refractivity contribution >= 4 is 15.9 Å². The predicted octanol–water partition coefficient (Wildman–Crippen LogP) is -0.239. The molecule has 3 rings (SSSR count). The van der Waals surface area contributed by atoms with Crippen molar-refractivity contribution in [2.24, 2.45) is 18.1 Å². The van der Waals surface area contributed by atoms with Crippen LogP contribution in [-0.4, -0.2) is 40.6 Å². The molecule has 0 spiro atoms. The summed E-state index contributed by atoms with van der Waals surface area (Å²) >= 11 is 0. The van der Waals surface area contributed by atoms with Gasteiger partial charge in [0.15, 0.2) is 0 Å². The third-order valence-corrected chi connectivity index (χ3v) is 5.36. The first kappa shape index (κ1) is 13.6. The molecule has 1 amide bonds. The lowest BCUT2D eigenvalue weighted by atomic mass is 10.1. The first-order chi connectivity index (χ1) is 9.38. The molecule has 0 radical (unpaired) electrons. The summed E-state index contributed by atoms with van der Waals surface area (Å²) in [5, 5.41) is 4.38. The highest BCUT2D eigenvalue weighted by atomic mass is 32.2. The second kappa shape index (κ2) is 4.56. The number of rotatable bonds is 4. The zero-order chi connectivity index (χ0) is 14.5. The van der Waals surface area contributed by atoms with E-state index in [0.29, 0.717) is 5.92 Å². The summed E-state index contributed by atoms with van der Waals surface area (Å²) in [7, 11) is -1.79. The number of carbonyl (C=O) groups excluding carboxylic acids is 1. The zero-order valence-electron chi connectivity index (χ0n) is 11.3. The van der Waals surface area contributed by atoms with Gasteiger partial charge in [0.25, 0.3) is 0 Å². The number of hydrogen-bond acceptors (Lipinski definition) is 4. The Bertz CT molecular complexity index is 635. The molecule has 0 aromatic carbocycles. The Balaban J connectivity index is 1.90. The van der Waals surface area contributed by atoms with Crippen molar-refractivity contribution in [2.75, 3.05) is 6.54 Å². The molecule has 2 atom stereocenters. The van der Waals surface area contributed by atoms with Crippen molar-refractivity contribution in [3.05, 3.63) is 18.2 Å². The quantitative estimate of drug-likeness (QED) is 0.829. The average molecular weight is 298 g/mol. The molecule has 1 aromatic heterocycles. The van der Waals surface area contributed by atoms with Crippen LogP contribution in [-0.2, 0) is 21.9 Å². The molecule has 8 heteroatoms. The van der Waals surface area contributed by atoms with Gasteiger partial charge in [-0.05, 0) is 18.8 Å². The minimum Gasteiger partial charge on any atom is -0.336 e. The van der Waals surface area contributed by atoms with Crippen molar-refractivity contribution in [1.82, 2.24) is 14.5 Å². The summed E-state index contributed by atoms with van der Waals surface area (Å²) in [6, 6.07) is -0.130. The Morgan fingerprint density at radius 3 is 2.60 bits per heavy atom. The molecule has 110 valence electrons. The molecule has 2 unspecified atom stereocenters. The number of amides is 1. The van der Waals surface area contributed by atoms with Gasteiger partial charge >= 0.3 is 0 Å². The highest BCUT2D eigenvalue weighted by molar-refractivity contribution is 7.89. The molecule has 2 N–H and O–H groups in total. The number of nitrogens with zero attached hydrogens (tertiary/aromatic N) is 3. The molecule has 2 aliphatic rings. The van der Waals surface area contributed by atoms with Crippen molar-refractivity contribution in [3.8, 4) is 0 Å². The standard InChI is InChI=1S/C12H18N4O3S/c1-15-5-4-14-12(15)11(8-2-3-8)16-7-9(6-10(16)17)20(13,18)19/h4-5,8-9,11H,2-3,6-7H2,1H3,(H2,13,18,19). The van der Waals surface area contributed by atoms with Crippen LogP contribution in [0.4, 0.5) is 0 Å². The highest BCUT2D eigenvalue weighted by Crippen LogP contribution is 2.45. The number of imidazole rings is 1. The number of primary sulfonamides is 1. The van der Waals surface area contributed by atoms with Crippen LogP contribution in [0, 0.1) is 5.92 Å². The fourth-order valence-electron chi connectivity index (χ4n) is 2.87. The third kappa shape index (κ3) is 2.33. The Kier molecular flexibility index (Phi) is 3.09. The Morgan fingerprint density at radius 1 is 1.45 bits per heavy atom. The number of carbonyl (C=O) groups is 1. The zero-order valence-corrected chi connectivity index (χ0v) is 12.1. The summed E-state index contributed by atoms with van der Waals surface area (Å²) in [5.41, 5.74) is 0. The lowest BCUT2D eigenvalue weighted by Gasteiger charge is -2.27.